The highest BCUT2D eigenvalue weighted by atomic mass is 16.3. The van der Waals surface area contributed by atoms with Gasteiger partial charge in [-0.1, -0.05) is 0 Å². The largest absolute Gasteiger partial charge is 0.449 e. The first-order valence-corrected chi connectivity index (χ1v) is 5.34. The number of nitrogens with zero attached hydrogens (tertiary/aromatic N) is 2. The Morgan fingerprint density at radius 2 is 2.38 bits per heavy atom. The van der Waals surface area contributed by atoms with Gasteiger partial charge in [0.25, 0.3) is 0 Å². The topological polar surface area (TPSA) is 58.4 Å². The molecule has 1 heterocycles. The monoisotopic (exact) mass is 225 g/mol. The molecule has 90 valence electrons. The molecule has 1 aromatic heterocycles. The zero-order valence-electron chi connectivity index (χ0n) is 10.3. The van der Waals surface area contributed by atoms with Gasteiger partial charge in [0.1, 0.15) is 6.26 Å². The smallest absolute Gasteiger partial charge is 0.221 e. The Morgan fingerprint density at radius 1 is 1.69 bits per heavy atom. The lowest BCUT2D eigenvalue weighted by atomic mass is 10.2. The van der Waals surface area contributed by atoms with Crippen LogP contribution in [0.5, 0.6) is 0 Å². The first kappa shape index (κ1) is 12.7. The highest BCUT2D eigenvalue weighted by Gasteiger charge is 2.14. The van der Waals surface area contributed by atoms with Crippen molar-refractivity contribution in [3.05, 3.63) is 17.8 Å². The van der Waals surface area contributed by atoms with Gasteiger partial charge < -0.3 is 9.73 Å². The normalized spacial score (nSPS) is 12.8. The van der Waals surface area contributed by atoms with E-state index in [9.17, 15) is 4.79 Å². The van der Waals surface area contributed by atoms with Crippen molar-refractivity contribution in [2.45, 2.75) is 32.9 Å². The lowest BCUT2D eigenvalue weighted by Gasteiger charge is -2.22. The van der Waals surface area contributed by atoms with E-state index in [2.05, 4.69) is 15.2 Å². The van der Waals surface area contributed by atoms with Crippen molar-refractivity contribution in [3.63, 3.8) is 0 Å². The first-order chi connectivity index (χ1) is 7.52. The van der Waals surface area contributed by atoms with Crippen LogP contribution in [0.2, 0.25) is 0 Å². The third-order valence-corrected chi connectivity index (χ3v) is 2.59. The Hall–Kier alpha value is -1.36. The van der Waals surface area contributed by atoms with Crippen molar-refractivity contribution < 1.29 is 9.21 Å². The van der Waals surface area contributed by atoms with Gasteiger partial charge in [0, 0.05) is 33.0 Å². The zero-order chi connectivity index (χ0) is 12.1. The lowest BCUT2D eigenvalue weighted by Crippen LogP contribution is -2.33. The van der Waals surface area contributed by atoms with Crippen molar-refractivity contribution in [1.29, 1.82) is 0 Å². The fourth-order valence-corrected chi connectivity index (χ4v) is 1.42. The molecular formula is C11H19N3O2. The van der Waals surface area contributed by atoms with Crippen LogP contribution < -0.4 is 5.32 Å². The maximum absolute atomic E-state index is 11.2. The average molecular weight is 225 g/mol. The number of aryl methyl sites for hydroxylation is 1. The van der Waals surface area contributed by atoms with Gasteiger partial charge >= 0.3 is 0 Å². The SMILES string of the molecule is CNC(=O)C[C@H](C)N(C)Cc1coc(C)n1. The van der Waals surface area contributed by atoms with Crippen LogP contribution in [0.15, 0.2) is 10.7 Å². The summed E-state index contributed by atoms with van der Waals surface area (Å²) >= 11 is 0. The van der Waals surface area contributed by atoms with Crippen LogP contribution in [0.25, 0.3) is 0 Å². The van der Waals surface area contributed by atoms with E-state index in [0.29, 0.717) is 18.9 Å². The Morgan fingerprint density at radius 3 is 2.88 bits per heavy atom. The van der Waals surface area contributed by atoms with E-state index in [1.54, 1.807) is 13.3 Å². The Labute approximate surface area is 95.8 Å². The summed E-state index contributed by atoms with van der Waals surface area (Å²) in [7, 11) is 3.62. The number of aromatic nitrogens is 1. The second-order valence-corrected chi connectivity index (χ2v) is 4.00. The molecule has 5 heteroatoms. The number of carbonyl (C=O) groups excluding carboxylic acids is 1. The molecular weight excluding hydrogens is 206 g/mol. The highest BCUT2D eigenvalue weighted by Crippen LogP contribution is 2.08. The van der Waals surface area contributed by atoms with E-state index in [1.807, 2.05) is 20.9 Å². The molecule has 0 radical (unpaired) electrons. The third-order valence-electron chi connectivity index (χ3n) is 2.59. The van der Waals surface area contributed by atoms with E-state index in [4.69, 9.17) is 4.42 Å². The summed E-state index contributed by atoms with van der Waals surface area (Å²) in [5.41, 5.74) is 0.892. The van der Waals surface area contributed by atoms with Gasteiger partial charge in [0.2, 0.25) is 5.91 Å². The first-order valence-electron chi connectivity index (χ1n) is 5.34. The molecule has 0 aliphatic carbocycles. The minimum absolute atomic E-state index is 0.0516. The van der Waals surface area contributed by atoms with E-state index in [-0.39, 0.29) is 11.9 Å². The van der Waals surface area contributed by atoms with Gasteiger partial charge in [-0.3, -0.25) is 9.69 Å². The fraction of sp³-hybridized carbons (Fsp3) is 0.636. The summed E-state index contributed by atoms with van der Waals surface area (Å²) in [5, 5.41) is 2.62. The maximum Gasteiger partial charge on any atom is 0.221 e. The van der Waals surface area contributed by atoms with Crippen LogP contribution in [0.3, 0.4) is 0 Å². The summed E-state index contributed by atoms with van der Waals surface area (Å²) in [6, 6.07) is 0.178. The molecule has 1 N–H and O–H groups in total. The molecule has 1 aromatic rings. The number of carbonyl (C=O) groups is 1. The van der Waals surface area contributed by atoms with Gasteiger partial charge in [-0.05, 0) is 14.0 Å². The second-order valence-electron chi connectivity index (χ2n) is 4.00. The number of nitrogens with one attached hydrogen (secondary N) is 1. The summed E-state index contributed by atoms with van der Waals surface area (Å²) in [4.78, 5) is 17.5. The molecule has 5 nitrogen and oxygen atoms in total. The fourth-order valence-electron chi connectivity index (χ4n) is 1.42. The van der Waals surface area contributed by atoms with Gasteiger partial charge in [-0.25, -0.2) is 4.98 Å². The molecule has 16 heavy (non-hydrogen) atoms. The Bertz CT molecular complexity index is 349. The summed E-state index contributed by atoms with van der Waals surface area (Å²) in [6.45, 7) is 4.52. The molecule has 0 bridgehead atoms. The van der Waals surface area contributed by atoms with Gasteiger partial charge in [0.05, 0.1) is 5.69 Å². The average Bonchev–Trinajstić information content (AvgIpc) is 2.63. The standard InChI is InChI=1S/C11H19N3O2/c1-8(5-11(15)12-3)14(4)6-10-7-16-9(2)13-10/h7-8H,5-6H2,1-4H3,(H,12,15)/t8-/m0/s1. The van der Waals surface area contributed by atoms with Crippen molar-refractivity contribution in [2.75, 3.05) is 14.1 Å². The zero-order valence-corrected chi connectivity index (χ0v) is 10.3. The number of rotatable bonds is 5. The second kappa shape index (κ2) is 5.65. The van der Waals surface area contributed by atoms with Gasteiger partial charge in [-0.15, -0.1) is 0 Å². The minimum Gasteiger partial charge on any atom is -0.449 e. The van der Waals surface area contributed by atoms with E-state index in [0.717, 1.165) is 5.69 Å². The third kappa shape index (κ3) is 3.66. The number of oxazole rings is 1. The summed E-state index contributed by atoms with van der Waals surface area (Å²) in [5.74, 6) is 0.720. The molecule has 1 amide bonds. The van der Waals surface area contributed by atoms with Crippen LogP contribution in [0.1, 0.15) is 24.9 Å². The van der Waals surface area contributed by atoms with E-state index < -0.39 is 0 Å². The van der Waals surface area contributed by atoms with E-state index in [1.165, 1.54) is 0 Å². The molecule has 0 unspecified atom stereocenters. The van der Waals surface area contributed by atoms with Crippen LogP contribution >= 0.6 is 0 Å². The molecule has 0 spiro atoms. The van der Waals surface area contributed by atoms with Crippen LogP contribution in [-0.4, -0.2) is 35.9 Å². The van der Waals surface area contributed by atoms with Crippen LogP contribution in [0, 0.1) is 6.92 Å². The number of amides is 1. The van der Waals surface area contributed by atoms with Crippen molar-refractivity contribution in [2.24, 2.45) is 0 Å². The molecule has 0 saturated carbocycles. The molecule has 0 aliphatic rings. The van der Waals surface area contributed by atoms with Crippen LogP contribution in [-0.2, 0) is 11.3 Å². The minimum atomic E-state index is 0.0516. The predicted molar refractivity (Wildman–Crippen MR) is 60.9 cm³/mol. The number of hydrogen-bond acceptors (Lipinski definition) is 4. The van der Waals surface area contributed by atoms with Gasteiger partial charge in [-0.2, -0.15) is 0 Å². The molecule has 0 saturated heterocycles. The molecule has 0 aromatic carbocycles. The van der Waals surface area contributed by atoms with Crippen molar-refractivity contribution in [1.82, 2.24) is 15.2 Å². The van der Waals surface area contributed by atoms with Crippen LogP contribution in [0.4, 0.5) is 0 Å². The summed E-state index contributed by atoms with van der Waals surface area (Å²) < 4.78 is 5.13. The quantitative estimate of drug-likeness (QED) is 0.810. The Balaban J connectivity index is 2.45. The Kier molecular flexibility index (Phi) is 4.49. The highest BCUT2D eigenvalue weighted by molar-refractivity contribution is 5.76. The molecule has 1 rings (SSSR count). The lowest BCUT2D eigenvalue weighted by molar-refractivity contribution is -0.121. The van der Waals surface area contributed by atoms with E-state index >= 15 is 0 Å². The van der Waals surface area contributed by atoms with Gasteiger partial charge in [0.15, 0.2) is 5.89 Å². The van der Waals surface area contributed by atoms with Crippen molar-refractivity contribution >= 4 is 5.91 Å². The number of hydrogen-bond donors (Lipinski definition) is 1. The molecule has 0 aliphatic heterocycles. The molecule has 1 atom stereocenters. The van der Waals surface area contributed by atoms with Crippen molar-refractivity contribution in [3.8, 4) is 0 Å². The predicted octanol–water partition coefficient (Wildman–Crippen LogP) is 0.939. The molecule has 0 fully saturated rings. The summed E-state index contributed by atoms with van der Waals surface area (Å²) in [6.07, 6.45) is 2.14. The maximum atomic E-state index is 11.2.